The number of halogens is 1. The number of carbonyl (C=O) groups is 1. The Balaban J connectivity index is 2.10. The van der Waals surface area contributed by atoms with Crippen molar-refractivity contribution in [2.24, 2.45) is 0 Å². The van der Waals surface area contributed by atoms with Gasteiger partial charge in [-0.1, -0.05) is 33.6 Å². The predicted molar refractivity (Wildman–Crippen MR) is 81.0 cm³/mol. The molecule has 3 nitrogen and oxygen atoms in total. The van der Waals surface area contributed by atoms with Gasteiger partial charge in [0.05, 0.1) is 17.9 Å². The van der Waals surface area contributed by atoms with Crippen LogP contribution >= 0.6 is 15.9 Å². The molecular formula is C15H13BrN2O. The van der Waals surface area contributed by atoms with Crippen molar-refractivity contribution in [1.29, 1.82) is 0 Å². The van der Waals surface area contributed by atoms with Crippen LogP contribution in [0, 0.1) is 6.92 Å². The molecule has 2 aromatic carbocycles. The maximum Gasteiger partial charge on any atom is 0.250 e. The number of nitrogens with zero attached hydrogens (tertiary/aromatic N) is 1. The maximum absolute atomic E-state index is 12.2. The standard InChI is InChI=1S/C15H13BrN2O/c1-10-2-5-12(6-3-10)18-14-7-4-11(16)8-13(14)17-9-15(18)19/h2-8,17H,9H2,1H3. The summed E-state index contributed by atoms with van der Waals surface area (Å²) in [4.78, 5) is 13.9. The molecule has 96 valence electrons. The first-order chi connectivity index (χ1) is 9.15. The lowest BCUT2D eigenvalue weighted by Crippen LogP contribution is -2.36. The van der Waals surface area contributed by atoms with E-state index in [9.17, 15) is 4.79 Å². The van der Waals surface area contributed by atoms with Crippen molar-refractivity contribution in [3.05, 3.63) is 52.5 Å². The Hall–Kier alpha value is -1.81. The quantitative estimate of drug-likeness (QED) is 0.866. The summed E-state index contributed by atoms with van der Waals surface area (Å²) in [6.45, 7) is 2.35. The van der Waals surface area contributed by atoms with E-state index in [2.05, 4.69) is 21.2 Å². The third kappa shape index (κ3) is 2.24. The molecule has 0 aliphatic carbocycles. The molecule has 1 aliphatic rings. The molecule has 0 aromatic heterocycles. The van der Waals surface area contributed by atoms with Gasteiger partial charge in [0.25, 0.3) is 5.91 Å². The van der Waals surface area contributed by atoms with E-state index in [1.54, 1.807) is 4.90 Å². The van der Waals surface area contributed by atoms with Gasteiger partial charge in [0.1, 0.15) is 0 Å². The van der Waals surface area contributed by atoms with Crippen LogP contribution in [0.1, 0.15) is 5.56 Å². The lowest BCUT2D eigenvalue weighted by Gasteiger charge is -2.30. The van der Waals surface area contributed by atoms with Crippen LogP contribution in [0.3, 0.4) is 0 Å². The molecule has 1 amide bonds. The number of aryl methyl sites for hydroxylation is 1. The maximum atomic E-state index is 12.2. The second-order valence-corrected chi connectivity index (χ2v) is 5.50. The fourth-order valence-electron chi connectivity index (χ4n) is 2.21. The van der Waals surface area contributed by atoms with E-state index in [1.165, 1.54) is 5.56 Å². The molecule has 0 radical (unpaired) electrons. The van der Waals surface area contributed by atoms with E-state index < -0.39 is 0 Å². The summed E-state index contributed by atoms with van der Waals surface area (Å²) in [6, 6.07) is 13.9. The van der Waals surface area contributed by atoms with Crippen LogP contribution < -0.4 is 10.2 Å². The molecule has 0 bridgehead atoms. The monoisotopic (exact) mass is 316 g/mol. The van der Waals surface area contributed by atoms with Crippen LogP contribution in [0.25, 0.3) is 0 Å². The molecule has 2 aromatic rings. The molecular weight excluding hydrogens is 304 g/mol. The van der Waals surface area contributed by atoms with Crippen LogP contribution in [0.5, 0.6) is 0 Å². The number of carbonyl (C=O) groups excluding carboxylic acids is 1. The van der Waals surface area contributed by atoms with Crippen molar-refractivity contribution in [2.75, 3.05) is 16.8 Å². The van der Waals surface area contributed by atoms with Crippen LogP contribution in [-0.2, 0) is 4.79 Å². The predicted octanol–water partition coefficient (Wildman–Crippen LogP) is 3.85. The normalized spacial score (nSPS) is 14.0. The van der Waals surface area contributed by atoms with Crippen LogP contribution in [0.15, 0.2) is 46.9 Å². The molecule has 19 heavy (non-hydrogen) atoms. The van der Waals surface area contributed by atoms with Gasteiger partial charge >= 0.3 is 0 Å². The van der Waals surface area contributed by atoms with Gasteiger partial charge in [-0.3, -0.25) is 9.69 Å². The minimum atomic E-state index is 0.0543. The van der Waals surface area contributed by atoms with Gasteiger partial charge in [-0.25, -0.2) is 0 Å². The molecule has 0 fully saturated rings. The second kappa shape index (κ2) is 4.70. The highest BCUT2D eigenvalue weighted by molar-refractivity contribution is 9.10. The topological polar surface area (TPSA) is 32.3 Å². The van der Waals surface area contributed by atoms with Crippen molar-refractivity contribution < 1.29 is 4.79 Å². The molecule has 0 saturated carbocycles. The molecule has 4 heteroatoms. The molecule has 3 rings (SSSR count). The highest BCUT2D eigenvalue weighted by atomic mass is 79.9. The Bertz CT molecular complexity index is 637. The van der Waals surface area contributed by atoms with Crippen LogP contribution in [0.4, 0.5) is 17.1 Å². The number of rotatable bonds is 1. The number of hydrogen-bond acceptors (Lipinski definition) is 2. The number of fused-ring (bicyclic) bond motifs is 1. The Morgan fingerprint density at radius 2 is 1.89 bits per heavy atom. The number of amides is 1. The van der Waals surface area contributed by atoms with E-state index in [0.717, 1.165) is 21.5 Å². The second-order valence-electron chi connectivity index (χ2n) is 4.58. The first kappa shape index (κ1) is 12.2. The van der Waals surface area contributed by atoms with E-state index in [-0.39, 0.29) is 5.91 Å². The van der Waals surface area contributed by atoms with Crippen molar-refractivity contribution in [2.45, 2.75) is 6.92 Å². The van der Waals surface area contributed by atoms with E-state index in [1.807, 2.05) is 49.4 Å². The smallest absolute Gasteiger partial charge is 0.250 e. The van der Waals surface area contributed by atoms with Crippen LogP contribution in [0.2, 0.25) is 0 Å². The SMILES string of the molecule is Cc1ccc(N2C(=O)CNc3cc(Br)ccc32)cc1. The Morgan fingerprint density at radius 3 is 2.63 bits per heavy atom. The summed E-state index contributed by atoms with van der Waals surface area (Å²) in [7, 11) is 0. The van der Waals surface area contributed by atoms with E-state index >= 15 is 0 Å². The Morgan fingerprint density at radius 1 is 1.16 bits per heavy atom. The molecule has 0 spiro atoms. The lowest BCUT2D eigenvalue weighted by atomic mass is 10.1. The zero-order chi connectivity index (χ0) is 13.4. The lowest BCUT2D eigenvalue weighted by molar-refractivity contribution is -0.116. The fraction of sp³-hybridized carbons (Fsp3) is 0.133. The average Bonchev–Trinajstić information content (AvgIpc) is 2.40. The summed E-state index contributed by atoms with van der Waals surface area (Å²) >= 11 is 3.45. The average molecular weight is 317 g/mol. The van der Waals surface area contributed by atoms with Crippen molar-refractivity contribution in [1.82, 2.24) is 0 Å². The highest BCUT2D eigenvalue weighted by Gasteiger charge is 2.25. The highest BCUT2D eigenvalue weighted by Crippen LogP contribution is 2.36. The summed E-state index contributed by atoms with van der Waals surface area (Å²) < 4.78 is 0.997. The number of nitrogens with one attached hydrogen (secondary N) is 1. The van der Waals surface area contributed by atoms with Gasteiger partial charge < -0.3 is 5.32 Å². The largest absolute Gasteiger partial charge is 0.374 e. The molecule has 0 saturated heterocycles. The van der Waals surface area contributed by atoms with Gasteiger partial charge in [0.15, 0.2) is 0 Å². The minimum absolute atomic E-state index is 0.0543. The van der Waals surface area contributed by atoms with Gasteiger partial charge in [0.2, 0.25) is 0 Å². The zero-order valence-electron chi connectivity index (χ0n) is 10.5. The molecule has 1 N–H and O–H groups in total. The minimum Gasteiger partial charge on any atom is -0.374 e. The van der Waals surface area contributed by atoms with Crippen molar-refractivity contribution in [3.8, 4) is 0 Å². The fourth-order valence-corrected chi connectivity index (χ4v) is 2.57. The summed E-state index contributed by atoms with van der Waals surface area (Å²) in [5, 5.41) is 3.14. The van der Waals surface area contributed by atoms with Gasteiger partial charge in [-0.2, -0.15) is 0 Å². The summed E-state index contributed by atoms with van der Waals surface area (Å²) in [6.07, 6.45) is 0. The summed E-state index contributed by atoms with van der Waals surface area (Å²) in [5.41, 5.74) is 3.95. The molecule has 0 unspecified atom stereocenters. The Kier molecular flexibility index (Phi) is 3.03. The Labute approximate surface area is 120 Å². The van der Waals surface area contributed by atoms with Gasteiger partial charge in [-0.15, -0.1) is 0 Å². The molecule has 0 atom stereocenters. The number of hydrogen-bond donors (Lipinski definition) is 1. The zero-order valence-corrected chi connectivity index (χ0v) is 12.1. The first-order valence-corrected chi connectivity index (χ1v) is 6.87. The number of benzene rings is 2. The van der Waals surface area contributed by atoms with Gasteiger partial charge in [0, 0.05) is 10.2 Å². The number of anilines is 3. The van der Waals surface area contributed by atoms with E-state index in [4.69, 9.17) is 0 Å². The third-order valence-corrected chi connectivity index (χ3v) is 3.66. The summed E-state index contributed by atoms with van der Waals surface area (Å²) in [5.74, 6) is 0.0543. The first-order valence-electron chi connectivity index (χ1n) is 6.08. The molecule has 1 aliphatic heterocycles. The van der Waals surface area contributed by atoms with Crippen molar-refractivity contribution in [3.63, 3.8) is 0 Å². The third-order valence-electron chi connectivity index (χ3n) is 3.17. The van der Waals surface area contributed by atoms with E-state index in [0.29, 0.717) is 6.54 Å². The molecule has 1 heterocycles. The van der Waals surface area contributed by atoms with Crippen LogP contribution in [-0.4, -0.2) is 12.5 Å². The van der Waals surface area contributed by atoms with Crippen molar-refractivity contribution >= 4 is 38.9 Å². The van der Waals surface area contributed by atoms with Gasteiger partial charge in [-0.05, 0) is 37.3 Å².